The summed E-state index contributed by atoms with van der Waals surface area (Å²) in [4.78, 5) is 12.4. The molecular weight excluding hydrogens is 272 g/mol. The lowest BCUT2D eigenvalue weighted by Crippen LogP contribution is -2.09. The second kappa shape index (κ2) is 6.61. The van der Waals surface area contributed by atoms with Crippen LogP contribution in [0.25, 0.3) is 11.3 Å². The van der Waals surface area contributed by atoms with Gasteiger partial charge in [-0.2, -0.15) is 5.10 Å². The Morgan fingerprint density at radius 1 is 1.30 bits per heavy atom. The van der Waals surface area contributed by atoms with Crippen LogP contribution in [0.1, 0.15) is 30.8 Å². The first-order chi connectivity index (χ1) is 9.65. The smallest absolute Gasteiger partial charge is 0.354 e. The molecule has 0 saturated carbocycles. The van der Waals surface area contributed by atoms with Crippen molar-refractivity contribution in [3.63, 3.8) is 0 Å². The molecule has 1 N–H and O–H groups in total. The monoisotopic (exact) mass is 290 g/mol. The normalized spacial score (nSPS) is 10.7. The minimum atomic E-state index is -0.935. The van der Waals surface area contributed by atoms with Gasteiger partial charge in [-0.3, -0.25) is 4.68 Å². The first kappa shape index (κ1) is 14.7. The Morgan fingerprint density at radius 2 is 2.00 bits per heavy atom. The number of aromatic carboxylic acids is 1. The molecule has 0 amide bonds. The first-order valence-electron chi connectivity index (χ1n) is 6.70. The Morgan fingerprint density at radius 3 is 2.55 bits per heavy atom. The van der Waals surface area contributed by atoms with Crippen molar-refractivity contribution < 1.29 is 9.90 Å². The van der Waals surface area contributed by atoms with Crippen LogP contribution >= 0.6 is 11.8 Å². The fourth-order valence-electron chi connectivity index (χ4n) is 2.00. The van der Waals surface area contributed by atoms with Gasteiger partial charge in [0.2, 0.25) is 0 Å². The van der Waals surface area contributed by atoms with Crippen molar-refractivity contribution in [2.24, 2.45) is 0 Å². The van der Waals surface area contributed by atoms with E-state index in [2.05, 4.69) is 12.0 Å². The van der Waals surface area contributed by atoms with Crippen LogP contribution < -0.4 is 0 Å². The molecule has 0 spiro atoms. The van der Waals surface area contributed by atoms with Gasteiger partial charge in [-0.1, -0.05) is 26.0 Å². The lowest BCUT2D eigenvalue weighted by atomic mass is 10.1. The summed E-state index contributed by atoms with van der Waals surface area (Å²) in [6.45, 7) is 4.74. The van der Waals surface area contributed by atoms with Crippen LogP contribution in [0.5, 0.6) is 0 Å². The summed E-state index contributed by atoms with van der Waals surface area (Å²) in [5.41, 5.74) is 1.90. The largest absolute Gasteiger partial charge is 0.477 e. The predicted molar refractivity (Wildman–Crippen MR) is 81.3 cm³/mol. The number of carboxylic acid groups (broad SMARTS) is 1. The van der Waals surface area contributed by atoms with E-state index in [-0.39, 0.29) is 5.69 Å². The van der Waals surface area contributed by atoms with Gasteiger partial charge in [0.1, 0.15) is 5.69 Å². The van der Waals surface area contributed by atoms with Crippen molar-refractivity contribution in [1.29, 1.82) is 0 Å². The summed E-state index contributed by atoms with van der Waals surface area (Å²) in [5, 5.41) is 13.6. The molecule has 5 heteroatoms. The number of thioether (sulfide) groups is 1. The van der Waals surface area contributed by atoms with Gasteiger partial charge in [-0.25, -0.2) is 4.79 Å². The highest BCUT2D eigenvalue weighted by Gasteiger charge is 2.14. The minimum absolute atomic E-state index is 0.244. The van der Waals surface area contributed by atoms with E-state index in [0.29, 0.717) is 12.2 Å². The number of carbonyl (C=O) groups is 1. The second-order valence-electron chi connectivity index (χ2n) is 4.40. The van der Waals surface area contributed by atoms with Gasteiger partial charge in [-0.15, -0.1) is 11.8 Å². The fraction of sp³-hybridized carbons (Fsp3) is 0.333. The highest BCUT2D eigenvalue weighted by atomic mass is 32.2. The molecule has 2 aromatic rings. The van der Waals surface area contributed by atoms with E-state index in [4.69, 9.17) is 0 Å². The summed E-state index contributed by atoms with van der Waals surface area (Å²) >= 11 is 1.78. The summed E-state index contributed by atoms with van der Waals surface area (Å²) < 4.78 is 1.56. The van der Waals surface area contributed by atoms with Gasteiger partial charge in [0.05, 0.1) is 5.69 Å². The molecule has 0 bridgehead atoms. The SMILES string of the molecule is CCCn1nc(-c2ccc(SCC)cc2)cc1C(=O)O. The molecule has 0 fully saturated rings. The third-order valence-electron chi connectivity index (χ3n) is 2.90. The van der Waals surface area contributed by atoms with Crippen LogP contribution in [0.2, 0.25) is 0 Å². The summed E-state index contributed by atoms with van der Waals surface area (Å²) in [7, 11) is 0. The number of hydrogen-bond donors (Lipinski definition) is 1. The average Bonchev–Trinajstić information content (AvgIpc) is 2.85. The third kappa shape index (κ3) is 3.22. The zero-order chi connectivity index (χ0) is 14.5. The van der Waals surface area contributed by atoms with Crippen molar-refractivity contribution in [1.82, 2.24) is 9.78 Å². The maximum absolute atomic E-state index is 11.2. The number of nitrogens with zero attached hydrogens (tertiary/aromatic N) is 2. The van der Waals surface area contributed by atoms with Gasteiger partial charge >= 0.3 is 5.97 Å². The maximum atomic E-state index is 11.2. The molecule has 0 unspecified atom stereocenters. The van der Waals surface area contributed by atoms with Gasteiger partial charge in [0.15, 0.2) is 0 Å². The molecule has 1 heterocycles. The van der Waals surface area contributed by atoms with Crippen LogP contribution in [-0.2, 0) is 6.54 Å². The molecule has 2 rings (SSSR count). The van der Waals surface area contributed by atoms with E-state index in [1.165, 1.54) is 4.90 Å². The number of hydrogen-bond acceptors (Lipinski definition) is 3. The molecule has 0 aliphatic rings. The van der Waals surface area contributed by atoms with Crippen LogP contribution in [0.4, 0.5) is 0 Å². The number of carboxylic acids is 1. The molecule has 4 nitrogen and oxygen atoms in total. The first-order valence-corrected chi connectivity index (χ1v) is 7.68. The van der Waals surface area contributed by atoms with Gasteiger partial charge in [0, 0.05) is 17.0 Å². The van der Waals surface area contributed by atoms with Crippen LogP contribution in [0, 0.1) is 0 Å². The fourth-order valence-corrected chi connectivity index (χ4v) is 2.66. The van der Waals surface area contributed by atoms with E-state index in [9.17, 15) is 9.90 Å². The lowest BCUT2D eigenvalue weighted by molar-refractivity contribution is 0.0683. The number of rotatable bonds is 6. The molecular formula is C15H18N2O2S. The summed E-state index contributed by atoms with van der Waals surface area (Å²) in [6, 6.07) is 9.70. The van der Waals surface area contributed by atoms with Gasteiger partial charge in [0.25, 0.3) is 0 Å². The van der Waals surface area contributed by atoms with Gasteiger partial charge < -0.3 is 5.11 Å². The van der Waals surface area contributed by atoms with E-state index < -0.39 is 5.97 Å². The zero-order valence-electron chi connectivity index (χ0n) is 11.7. The molecule has 20 heavy (non-hydrogen) atoms. The van der Waals surface area contributed by atoms with Gasteiger partial charge in [-0.05, 0) is 30.4 Å². The molecule has 1 aromatic heterocycles. The number of aromatic nitrogens is 2. The Bertz CT molecular complexity index is 590. The van der Waals surface area contributed by atoms with Crippen LogP contribution in [0.15, 0.2) is 35.2 Å². The molecule has 106 valence electrons. The van der Waals surface area contributed by atoms with Crippen molar-refractivity contribution in [3.05, 3.63) is 36.0 Å². The topological polar surface area (TPSA) is 55.1 Å². The minimum Gasteiger partial charge on any atom is -0.477 e. The van der Waals surface area contributed by atoms with Crippen molar-refractivity contribution in [2.45, 2.75) is 31.7 Å². The van der Waals surface area contributed by atoms with Crippen LogP contribution in [0.3, 0.4) is 0 Å². The third-order valence-corrected chi connectivity index (χ3v) is 3.79. The van der Waals surface area contributed by atoms with Crippen molar-refractivity contribution in [2.75, 3.05) is 5.75 Å². The lowest BCUT2D eigenvalue weighted by Gasteiger charge is -2.01. The Balaban J connectivity index is 2.32. The standard InChI is InChI=1S/C15H18N2O2S/c1-3-9-17-14(15(18)19)10-13(16-17)11-5-7-12(8-6-11)20-4-2/h5-8,10H,3-4,9H2,1-2H3,(H,18,19). The summed E-state index contributed by atoms with van der Waals surface area (Å²) in [6.07, 6.45) is 0.855. The van der Waals surface area contributed by atoms with E-state index >= 15 is 0 Å². The molecule has 0 aliphatic carbocycles. The average molecular weight is 290 g/mol. The molecule has 0 radical (unpaired) electrons. The highest BCUT2D eigenvalue weighted by Crippen LogP contribution is 2.24. The Hall–Kier alpha value is -1.75. The van der Waals surface area contributed by atoms with E-state index in [1.807, 2.05) is 31.2 Å². The summed E-state index contributed by atoms with van der Waals surface area (Å²) in [5.74, 6) is 0.101. The zero-order valence-corrected chi connectivity index (χ0v) is 12.5. The van der Waals surface area contributed by atoms with E-state index in [0.717, 1.165) is 17.7 Å². The Labute approximate surface area is 122 Å². The quantitative estimate of drug-likeness (QED) is 0.823. The second-order valence-corrected chi connectivity index (χ2v) is 5.74. The maximum Gasteiger partial charge on any atom is 0.354 e. The molecule has 0 aliphatic heterocycles. The molecule has 0 atom stereocenters. The van der Waals surface area contributed by atoms with Crippen molar-refractivity contribution >= 4 is 17.7 Å². The predicted octanol–water partition coefficient (Wildman–Crippen LogP) is 3.77. The molecule has 1 aromatic carbocycles. The number of aryl methyl sites for hydroxylation is 1. The van der Waals surface area contributed by atoms with Crippen molar-refractivity contribution in [3.8, 4) is 11.3 Å². The Kier molecular flexibility index (Phi) is 4.84. The molecule has 0 saturated heterocycles. The van der Waals surface area contributed by atoms with E-state index in [1.54, 1.807) is 22.5 Å². The number of benzene rings is 1. The highest BCUT2D eigenvalue weighted by molar-refractivity contribution is 7.99. The van der Waals surface area contributed by atoms with Crippen LogP contribution in [-0.4, -0.2) is 26.6 Å².